The summed E-state index contributed by atoms with van der Waals surface area (Å²) in [5.74, 6) is 0.0997. The van der Waals surface area contributed by atoms with Crippen LogP contribution in [0, 0.1) is 0 Å². The molecular weight excluding hydrogens is 240 g/mol. The molecule has 1 fully saturated rings. The first-order valence-electron chi connectivity index (χ1n) is 6.75. The van der Waals surface area contributed by atoms with Gasteiger partial charge in [-0.05, 0) is 31.2 Å². The van der Waals surface area contributed by atoms with Gasteiger partial charge in [-0.25, -0.2) is 0 Å². The van der Waals surface area contributed by atoms with Gasteiger partial charge in [0, 0.05) is 37.6 Å². The minimum Gasteiger partial charge on any atom is -0.399 e. The summed E-state index contributed by atoms with van der Waals surface area (Å²) in [6.45, 7) is 3.97. The number of piperazine rings is 1. The fourth-order valence-corrected chi connectivity index (χ4v) is 2.83. The lowest BCUT2D eigenvalue weighted by Gasteiger charge is -2.39. The molecule has 5 nitrogen and oxygen atoms in total. The third kappa shape index (κ3) is 2.43. The Kier molecular flexibility index (Phi) is 3.16. The molecule has 2 aliphatic rings. The van der Waals surface area contributed by atoms with Crippen molar-refractivity contribution in [3.8, 4) is 0 Å². The highest BCUT2D eigenvalue weighted by Crippen LogP contribution is 2.27. The van der Waals surface area contributed by atoms with Crippen LogP contribution in [0.5, 0.6) is 0 Å². The molecule has 0 aliphatic carbocycles. The average molecular weight is 260 g/mol. The Labute approximate surface area is 113 Å². The molecule has 5 heteroatoms. The van der Waals surface area contributed by atoms with Crippen LogP contribution in [-0.4, -0.2) is 55.0 Å². The van der Waals surface area contributed by atoms with E-state index < -0.39 is 0 Å². The second kappa shape index (κ2) is 4.83. The fraction of sp³-hybridized carbons (Fsp3) is 0.500. The lowest BCUT2D eigenvalue weighted by molar-refractivity contribution is -0.122. The van der Waals surface area contributed by atoms with Crippen molar-refractivity contribution in [2.75, 3.05) is 44.3 Å². The molecule has 19 heavy (non-hydrogen) atoms. The molecule has 2 aliphatic heterocycles. The van der Waals surface area contributed by atoms with E-state index in [2.05, 4.69) is 22.2 Å². The summed E-state index contributed by atoms with van der Waals surface area (Å²) in [7, 11) is 2.12. The van der Waals surface area contributed by atoms with Crippen LogP contribution in [0.1, 0.15) is 5.56 Å². The SMILES string of the molecule is CN1CCN(C2Cc3ccc(N)cc3NC2=O)CC1. The molecule has 0 saturated carbocycles. The number of nitrogens with one attached hydrogen (secondary N) is 1. The molecule has 0 radical (unpaired) electrons. The Morgan fingerprint density at radius 2 is 2.00 bits per heavy atom. The van der Waals surface area contributed by atoms with E-state index in [4.69, 9.17) is 5.73 Å². The molecule has 1 saturated heterocycles. The van der Waals surface area contributed by atoms with E-state index in [0.717, 1.165) is 38.3 Å². The maximum Gasteiger partial charge on any atom is 0.242 e. The number of nitrogens with two attached hydrogens (primary N) is 1. The number of nitrogens with zero attached hydrogens (tertiary/aromatic N) is 2. The maximum atomic E-state index is 12.2. The van der Waals surface area contributed by atoms with Crippen molar-refractivity contribution in [1.82, 2.24) is 9.80 Å². The molecular formula is C14H20N4O. The Balaban J connectivity index is 1.78. The second-order valence-corrected chi connectivity index (χ2v) is 5.47. The minimum atomic E-state index is -0.0372. The largest absolute Gasteiger partial charge is 0.399 e. The van der Waals surface area contributed by atoms with Crippen LogP contribution in [0.15, 0.2) is 18.2 Å². The van der Waals surface area contributed by atoms with Crippen LogP contribution in [0.25, 0.3) is 0 Å². The summed E-state index contributed by atoms with van der Waals surface area (Å²) in [5, 5.41) is 2.99. The Bertz CT molecular complexity index is 494. The van der Waals surface area contributed by atoms with Gasteiger partial charge in [-0.2, -0.15) is 0 Å². The third-order valence-electron chi connectivity index (χ3n) is 4.09. The number of carbonyl (C=O) groups is 1. The normalized spacial score (nSPS) is 24.9. The Hall–Kier alpha value is -1.59. The van der Waals surface area contributed by atoms with Gasteiger partial charge < -0.3 is 16.0 Å². The molecule has 3 N–H and O–H groups in total. The van der Waals surface area contributed by atoms with Gasteiger partial charge in [-0.15, -0.1) is 0 Å². The fourth-order valence-electron chi connectivity index (χ4n) is 2.83. The number of carbonyl (C=O) groups excluding carboxylic acids is 1. The molecule has 1 aromatic carbocycles. The van der Waals surface area contributed by atoms with Crippen molar-refractivity contribution in [3.63, 3.8) is 0 Å². The highest BCUT2D eigenvalue weighted by atomic mass is 16.2. The molecule has 102 valence electrons. The van der Waals surface area contributed by atoms with Gasteiger partial charge in [-0.1, -0.05) is 6.07 Å². The van der Waals surface area contributed by atoms with Gasteiger partial charge in [0.1, 0.15) is 0 Å². The van der Waals surface area contributed by atoms with E-state index in [1.54, 1.807) is 0 Å². The second-order valence-electron chi connectivity index (χ2n) is 5.47. The van der Waals surface area contributed by atoms with E-state index in [1.807, 2.05) is 18.2 Å². The Morgan fingerprint density at radius 3 is 2.74 bits per heavy atom. The summed E-state index contributed by atoms with van der Waals surface area (Å²) < 4.78 is 0. The summed E-state index contributed by atoms with van der Waals surface area (Å²) in [5.41, 5.74) is 8.49. The molecule has 1 amide bonds. The first-order valence-corrected chi connectivity index (χ1v) is 6.75. The van der Waals surface area contributed by atoms with Crippen molar-refractivity contribution in [1.29, 1.82) is 0 Å². The predicted molar refractivity (Wildman–Crippen MR) is 76.0 cm³/mol. The molecule has 2 heterocycles. The monoisotopic (exact) mass is 260 g/mol. The quantitative estimate of drug-likeness (QED) is 0.717. The highest BCUT2D eigenvalue weighted by molar-refractivity contribution is 5.98. The number of nitrogen functional groups attached to an aromatic ring is 1. The molecule has 0 bridgehead atoms. The number of rotatable bonds is 1. The minimum absolute atomic E-state index is 0.0372. The van der Waals surface area contributed by atoms with Crippen molar-refractivity contribution < 1.29 is 4.79 Å². The van der Waals surface area contributed by atoms with E-state index >= 15 is 0 Å². The van der Waals surface area contributed by atoms with Gasteiger partial charge in [0.15, 0.2) is 0 Å². The number of hydrogen-bond donors (Lipinski definition) is 2. The number of fused-ring (bicyclic) bond motifs is 1. The van der Waals surface area contributed by atoms with Crippen molar-refractivity contribution in [3.05, 3.63) is 23.8 Å². The summed E-state index contributed by atoms with van der Waals surface area (Å²) in [6, 6.07) is 5.72. The lowest BCUT2D eigenvalue weighted by Crippen LogP contribution is -2.54. The average Bonchev–Trinajstić information content (AvgIpc) is 2.39. The third-order valence-corrected chi connectivity index (χ3v) is 4.09. The topological polar surface area (TPSA) is 61.6 Å². The number of anilines is 2. The first-order chi connectivity index (χ1) is 9.13. The number of hydrogen-bond acceptors (Lipinski definition) is 4. The molecule has 3 rings (SSSR count). The van der Waals surface area contributed by atoms with Crippen LogP contribution < -0.4 is 11.1 Å². The predicted octanol–water partition coefficient (Wildman–Crippen LogP) is 0.379. The van der Waals surface area contributed by atoms with Crippen LogP contribution in [0.4, 0.5) is 11.4 Å². The summed E-state index contributed by atoms with van der Waals surface area (Å²) in [4.78, 5) is 16.8. The van der Waals surface area contributed by atoms with Crippen molar-refractivity contribution in [2.45, 2.75) is 12.5 Å². The first kappa shape index (κ1) is 12.4. The lowest BCUT2D eigenvalue weighted by atomic mass is 9.97. The Morgan fingerprint density at radius 1 is 1.26 bits per heavy atom. The number of amides is 1. The summed E-state index contributed by atoms with van der Waals surface area (Å²) in [6.07, 6.45) is 0.783. The van der Waals surface area contributed by atoms with E-state index in [-0.39, 0.29) is 11.9 Å². The van der Waals surface area contributed by atoms with E-state index in [0.29, 0.717) is 5.69 Å². The van der Waals surface area contributed by atoms with Crippen LogP contribution in [0.3, 0.4) is 0 Å². The van der Waals surface area contributed by atoms with Gasteiger partial charge in [-0.3, -0.25) is 9.69 Å². The zero-order chi connectivity index (χ0) is 13.4. The molecule has 1 unspecified atom stereocenters. The molecule has 1 aromatic rings. The van der Waals surface area contributed by atoms with Gasteiger partial charge >= 0.3 is 0 Å². The van der Waals surface area contributed by atoms with Gasteiger partial charge in [0.05, 0.1) is 6.04 Å². The number of benzene rings is 1. The summed E-state index contributed by atoms with van der Waals surface area (Å²) >= 11 is 0. The van der Waals surface area contributed by atoms with Crippen LogP contribution >= 0.6 is 0 Å². The van der Waals surface area contributed by atoms with E-state index in [1.165, 1.54) is 5.56 Å². The molecule has 1 atom stereocenters. The van der Waals surface area contributed by atoms with Crippen LogP contribution in [0.2, 0.25) is 0 Å². The smallest absolute Gasteiger partial charge is 0.242 e. The zero-order valence-electron chi connectivity index (χ0n) is 11.2. The van der Waals surface area contributed by atoms with Crippen molar-refractivity contribution >= 4 is 17.3 Å². The zero-order valence-corrected chi connectivity index (χ0v) is 11.2. The van der Waals surface area contributed by atoms with Gasteiger partial charge in [0.25, 0.3) is 0 Å². The molecule has 0 aromatic heterocycles. The van der Waals surface area contributed by atoms with Gasteiger partial charge in [0.2, 0.25) is 5.91 Å². The molecule has 0 spiro atoms. The standard InChI is InChI=1S/C14H20N4O/c1-17-4-6-18(7-5-17)13-8-10-2-3-11(15)9-12(10)16-14(13)19/h2-3,9,13H,4-8,15H2,1H3,(H,16,19). The highest BCUT2D eigenvalue weighted by Gasteiger charge is 2.32. The van der Waals surface area contributed by atoms with E-state index in [9.17, 15) is 4.79 Å². The van der Waals surface area contributed by atoms with Crippen molar-refractivity contribution in [2.24, 2.45) is 0 Å². The number of likely N-dealkylation sites (N-methyl/N-ethyl adjacent to an activating group) is 1. The maximum absolute atomic E-state index is 12.2. The van der Waals surface area contributed by atoms with Crippen LogP contribution in [-0.2, 0) is 11.2 Å².